The maximum Gasteiger partial charge on any atom is 0.316 e. The number of amides is 1. The Bertz CT molecular complexity index is 786. The van der Waals surface area contributed by atoms with E-state index in [1.165, 1.54) is 0 Å². The standard InChI is InChI=1S/C19H27N5O4/c1-23-9-11-24(12-10-23)8-4-7-20-18(25)19-21-17(22-28-19)14-5-6-15(26-2)16(13-14)27-3/h5-6,13H,4,7-12H2,1-3H3,(H,20,25). The van der Waals surface area contributed by atoms with Crippen molar-refractivity contribution in [2.24, 2.45) is 0 Å². The minimum atomic E-state index is -0.363. The predicted octanol–water partition coefficient (Wildman–Crippen LogP) is 1.12. The van der Waals surface area contributed by atoms with Crippen molar-refractivity contribution in [3.05, 3.63) is 24.1 Å². The fourth-order valence-corrected chi connectivity index (χ4v) is 3.06. The first-order valence-electron chi connectivity index (χ1n) is 9.36. The molecule has 1 aromatic heterocycles. The number of benzene rings is 1. The minimum absolute atomic E-state index is 0.0515. The van der Waals surface area contributed by atoms with E-state index in [-0.39, 0.29) is 11.8 Å². The number of carbonyl (C=O) groups excluding carboxylic acids is 1. The Morgan fingerprint density at radius 1 is 1.18 bits per heavy atom. The average molecular weight is 389 g/mol. The molecule has 2 heterocycles. The molecule has 0 aliphatic carbocycles. The Morgan fingerprint density at radius 2 is 1.93 bits per heavy atom. The first-order chi connectivity index (χ1) is 13.6. The van der Waals surface area contributed by atoms with Crippen molar-refractivity contribution in [3.63, 3.8) is 0 Å². The van der Waals surface area contributed by atoms with E-state index in [1.54, 1.807) is 32.4 Å². The van der Waals surface area contributed by atoms with Crippen LogP contribution in [0, 0.1) is 0 Å². The molecular weight excluding hydrogens is 362 g/mol. The second-order valence-electron chi connectivity index (χ2n) is 6.75. The van der Waals surface area contributed by atoms with Crippen molar-refractivity contribution in [2.75, 3.05) is 60.5 Å². The molecule has 0 unspecified atom stereocenters. The third-order valence-corrected chi connectivity index (χ3v) is 4.79. The van der Waals surface area contributed by atoms with Crippen LogP contribution in [0.4, 0.5) is 0 Å². The molecule has 1 N–H and O–H groups in total. The fraction of sp³-hybridized carbons (Fsp3) is 0.526. The molecule has 2 aromatic rings. The summed E-state index contributed by atoms with van der Waals surface area (Å²) in [5.41, 5.74) is 0.676. The Kier molecular flexibility index (Phi) is 6.83. The number of methoxy groups -OCH3 is 2. The van der Waals surface area contributed by atoms with Crippen molar-refractivity contribution in [2.45, 2.75) is 6.42 Å². The summed E-state index contributed by atoms with van der Waals surface area (Å²) in [4.78, 5) is 21.2. The highest BCUT2D eigenvalue weighted by Gasteiger charge is 2.18. The summed E-state index contributed by atoms with van der Waals surface area (Å²) in [6.45, 7) is 5.86. The van der Waals surface area contributed by atoms with E-state index >= 15 is 0 Å². The molecule has 9 nitrogen and oxygen atoms in total. The van der Waals surface area contributed by atoms with Crippen LogP contribution >= 0.6 is 0 Å². The largest absolute Gasteiger partial charge is 0.493 e. The zero-order chi connectivity index (χ0) is 19.9. The van der Waals surface area contributed by atoms with Gasteiger partial charge >= 0.3 is 11.8 Å². The molecule has 1 saturated heterocycles. The summed E-state index contributed by atoms with van der Waals surface area (Å²) in [7, 11) is 5.26. The Labute approximate surface area is 164 Å². The van der Waals surface area contributed by atoms with Crippen LogP contribution in [0.5, 0.6) is 11.5 Å². The fourth-order valence-electron chi connectivity index (χ4n) is 3.06. The summed E-state index contributed by atoms with van der Waals surface area (Å²) in [5, 5.41) is 6.73. The molecule has 28 heavy (non-hydrogen) atoms. The monoisotopic (exact) mass is 389 g/mol. The van der Waals surface area contributed by atoms with E-state index in [4.69, 9.17) is 14.0 Å². The molecule has 1 aromatic carbocycles. The summed E-state index contributed by atoms with van der Waals surface area (Å²) in [6, 6.07) is 5.27. The van der Waals surface area contributed by atoms with Gasteiger partial charge in [-0.25, -0.2) is 0 Å². The smallest absolute Gasteiger partial charge is 0.316 e. The molecule has 152 valence electrons. The van der Waals surface area contributed by atoms with Gasteiger partial charge in [0.1, 0.15) is 0 Å². The van der Waals surface area contributed by atoms with E-state index in [2.05, 4.69) is 32.3 Å². The summed E-state index contributed by atoms with van der Waals surface area (Å²) in [6.07, 6.45) is 0.881. The summed E-state index contributed by atoms with van der Waals surface area (Å²) in [5.74, 6) is 1.07. The Hall–Kier alpha value is -2.65. The van der Waals surface area contributed by atoms with Crippen LogP contribution in [-0.4, -0.2) is 86.4 Å². The molecule has 0 radical (unpaired) electrons. The van der Waals surface area contributed by atoms with Crippen LogP contribution < -0.4 is 14.8 Å². The minimum Gasteiger partial charge on any atom is -0.493 e. The zero-order valence-corrected chi connectivity index (χ0v) is 16.6. The van der Waals surface area contributed by atoms with Crippen molar-refractivity contribution in [1.29, 1.82) is 0 Å². The van der Waals surface area contributed by atoms with E-state index in [1.807, 2.05) is 0 Å². The van der Waals surface area contributed by atoms with E-state index in [0.717, 1.165) is 39.1 Å². The van der Waals surface area contributed by atoms with Gasteiger partial charge in [-0.15, -0.1) is 0 Å². The van der Waals surface area contributed by atoms with Crippen LogP contribution in [0.15, 0.2) is 22.7 Å². The molecule has 0 spiro atoms. The average Bonchev–Trinajstić information content (AvgIpc) is 3.22. The highest BCUT2D eigenvalue weighted by Crippen LogP contribution is 2.31. The van der Waals surface area contributed by atoms with Gasteiger partial charge in [0.15, 0.2) is 11.5 Å². The molecule has 9 heteroatoms. The lowest BCUT2D eigenvalue weighted by molar-refractivity contribution is 0.0906. The lowest BCUT2D eigenvalue weighted by Gasteiger charge is -2.32. The van der Waals surface area contributed by atoms with Gasteiger partial charge in [0.2, 0.25) is 5.82 Å². The first-order valence-corrected chi connectivity index (χ1v) is 9.36. The Morgan fingerprint density at radius 3 is 2.64 bits per heavy atom. The molecule has 1 aliphatic rings. The number of nitrogens with one attached hydrogen (secondary N) is 1. The molecule has 3 rings (SSSR count). The van der Waals surface area contributed by atoms with E-state index in [9.17, 15) is 4.79 Å². The molecule has 0 atom stereocenters. The third kappa shape index (κ3) is 4.99. The van der Waals surface area contributed by atoms with Gasteiger partial charge in [-0.3, -0.25) is 4.79 Å². The number of piperazine rings is 1. The van der Waals surface area contributed by atoms with Crippen molar-refractivity contribution in [3.8, 4) is 22.9 Å². The van der Waals surface area contributed by atoms with Crippen LogP contribution in [0.2, 0.25) is 0 Å². The number of hydrogen-bond acceptors (Lipinski definition) is 8. The number of ether oxygens (including phenoxy) is 2. The lowest BCUT2D eigenvalue weighted by atomic mass is 10.2. The summed E-state index contributed by atoms with van der Waals surface area (Å²) >= 11 is 0. The molecule has 0 bridgehead atoms. The maximum absolute atomic E-state index is 12.2. The number of carbonyl (C=O) groups is 1. The summed E-state index contributed by atoms with van der Waals surface area (Å²) < 4.78 is 15.6. The second kappa shape index (κ2) is 9.52. The van der Waals surface area contributed by atoms with Gasteiger partial charge in [0.25, 0.3) is 0 Å². The predicted molar refractivity (Wildman–Crippen MR) is 104 cm³/mol. The van der Waals surface area contributed by atoms with Gasteiger partial charge in [-0.1, -0.05) is 5.16 Å². The molecule has 1 amide bonds. The highest BCUT2D eigenvalue weighted by atomic mass is 16.5. The quantitative estimate of drug-likeness (QED) is 0.672. The second-order valence-corrected chi connectivity index (χ2v) is 6.75. The van der Waals surface area contributed by atoms with Crippen molar-refractivity contribution < 1.29 is 18.8 Å². The first kappa shape index (κ1) is 20.1. The van der Waals surface area contributed by atoms with Gasteiger partial charge in [0.05, 0.1) is 14.2 Å². The number of hydrogen-bond donors (Lipinski definition) is 1. The zero-order valence-electron chi connectivity index (χ0n) is 16.6. The number of likely N-dealkylation sites (N-methyl/N-ethyl adjacent to an activating group) is 1. The number of aromatic nitrogens is 2. The molecule has 1 aliphatic heterocycles. The van der Waals surface area contributed by atoms with Crippen LogP contribution in [0.25, 0.3) is 11.4 Å². The van der Waals surface area contributed by atoms with Gasteiger partial charge in [-0.05, 0) is 38.2 Å². The van der Waals surface area contributed by atoms with Crippen LogP contribution in [-0.2, 0) is 0 Å². The SMILES string of the molecule is COc1ccc(-c2noc(C(=O)NCCCN3CCN(C)CC3)n2)cc1OC. The topological polar surface area (TPSA) is 93.0 Å². The van der Waals surface area contributed by atoms with Gasteiger partial charge < -0.3 is 29.1 Å². The van der Waals surface area contributed by atoms with Crippen molar-refractivity contribution >= 4 is 5.91 Å². The number of nitrogens with zero attached hydrogens (tertiary/aromatic N) is 4. The molecular formula is C19H27N5O4. The normalized spacial score (nSPS) is 15.4. The van der Waals surface area contributed by atoms with E-state index < -0.39 is 0 Å². The van der Waals surface area contributed by atoms with Gasteiger partial charge in [0, 0.05) is 38.3 Å². The molecule has 0 saturated carbocycles. The number of rotatable bonds is 8. The molecule has 1 fully saturated rings. The third-order valence-electron chi connectivity index (χ3n) is 4.79. The van der Waals surface area contributed by atoms with E-state index in [0.29, 0.717) is 29.4 Å². The van der Waals surface area contributed by atoms with Crippen molar-refractivity contribution in [1.82, 2.24) is 25.3 Å². The van der Waals surface area contributed by atoms with Crippen LogP contribution in [0.3, 0.4) is 0 Å². The van der Waals surface area contributed by atoms with Crippen LogP contribution in [0.1, 0.15) is 17.1 Å². The lowest BCUT2D eigenvalue weighted by Crippen LogP contribution is -2.45. The Balaban J connectivity index is 1.50. The van der Waals surface area contributed by atoms with Gasteiger partial charge in [-0.2, -0.15) is 4.98 Å². The maximum atomic E-state index is 12.2. The highest BCUT2D eigenvalue weighted by molar-refractivity contribution is 5.89.